The molecule has 2 unspecified atom stereocenters. The maximum atomic E-state index is 5.19. The molecule has 0 heterocycles. The fourth-order valence-electron chi connectivity index (χ4n) is 2.26. The van der Waals surface area contributed by atoms with E-state index in [1.165, 1.54) is 32.2 Å². The van der Waals surface area contributed by atoms with Crippen molar-refractivity contribution in [1.29, 1.82) is 0 Å². The van der Waals surface area contributed by atoms with Crippen LogP contribution in [0.25, 0.3) is 0 Å². The second-order valence-corrected chi connectivity index (χ2v) is 3.91. The minimum atomic E-state index is 0.821. The van der Waals surface area contributed by atoms with Gasteiger partial charge < -0.3 is 10.1 Å². The van der Waals surface area contributed by atoms with Gasteiger partial charge in [-0.1, -0.05) is 20.3 Å². The molecular formula is C12H27NO. The molecule has 0 saturated heterocycles. The molecule has 1 fully saturated rings. The van der Waals surface area contributed by atoms with E-state index in [1.54, 1.807) is 0 Å². The monoisotopic (exact) mass is 201 g/mol. The van der Waals surface area contributed by atoms with Gasteiger partial charge in [-0.25, -0.2) is 0 Å². The Bertz CT molecular complexity index is 101. The molecule has 1 aliphatic carbocycles. The lowest BCUT2D eigenvalue weighted by Gasteiger charge is -2.28. The van der Waals surface area contributed by atoms with Gasteiger partial charge in [-0.2, -0.15) is 0 Å². The van der Waals surface area contributed by atoms with Crippen LogP contribution in [0.3, 0.4) is 0 Å². The van der Waals surface area contributed by atoms with Crippen molar-refractivity contribution in [1.82, 2.24) is 5.32 Å². The molecule has 0 aliphatic heterocycles. The maximum absolute atomic E-state index is 5.19. The lowest BCUT2D eigenvalue weighted by atomic mass is 9.82. The first-order valence-corrected chi connectivity index (χ1v) is 6.00. The normalized spacial score (nSPS) is 26.6. The molecule has 1 N–H and O–H groups in total. The quantitative estimate of drug-likeness (QED) is 0.755. The van der Waals surface area contributed by atoms with Crippen molar-refractivity contribution in [3.63, 3.8) is 0 Å². The Balaban J connectivity index is 0.000000791. The van der Waals surface area contributed by atoms with E-state index in [4.69, 9.17) is 4.74 Å². The smallest absolute Gasteiger partial charge is 0.0490 e. The number of hydrogen-bond donors (Lipinski definition) is 1. The Morgan fingerprint density at radius 2 is 1.86 bits per heavy atom. The van der Waals surface area contributed by atoms with Crippen molar-refractivity contribution in [2.45, 2.75) is 39.5 Å². The predicted molar refractivity (Wildman–Crippen MR) is 62.6 cm³/mol. The number of ether oxygens (including phenoxy) is 1. The van der Waals surface area contributed by atoms with Crippen LogP contribution in [0.2, 0.25) is 0 Å². The number of methoxy groups -OCH3 is 1. The van der Waals surface area contributed by atoms with Crippen LogP contribution >= 0.6 is 0 Å². The molecule has 1 rings (SSSR count). The average molecular weight is 201 g/mol. The summed E-state index contributed by atoms with van der Waals surface area (Å²) in [6.07, 6.45) is 5.52. The summed E-state index contributed by atoms with van der Waals surface area (Å²) in [5.41, 5.74) is 0. The van der Waals surface area contributed by atoms with Crippen LogP contribution in [0.5, 0.6) is 0 Å². The fourth-order valence-corrected chi connectivity index (χ4v) is 2.26. The van der Waals surface area contributed by atoms with E-state index in [2.05, 4.69) is 5.32 Å². The molecule has 1 saturated carbocycles. The van der Waals surface area contributed by atoms with Crippen molar-refractivity contribution in [3.8, 4) is 0 Å². The summed E-state index contributed by atoms with van der Waals surface area (Å²) in [5.74, 6) is 1.71. The van der Waals surface area contributed by atoms with Crippen LogP contribution in [-0.4, -0.2) is 27.3 Å². The minimum Gasteiger partial charge on any atom is -0.384 e. The Hall–Kier alpha value is -0.0800. The summed E-state index contributed by atoms with van der Waals surface area (Å²) in [7, 11) is 3.85. The van der Waals surface area contributed by atoms with Crippen molar-refractivity contribution in [2.24, 2.45) is 11.8 Å². The van der Waals surface area contributed by atoms with E-state index in [0.717, 1.165) is 18.4 Å². The number of nitrogens with one attached hydrogen (secondary N) is 1. The van der Waals surface area contributed by atoms with Gasteiger partial charge in [0.15, 0.2) is 0 Å². The SMILES string of the molecule is CC.CNCC1CCCC(COC)C1. The van der Waals surface area contributed by atoms with Gasteiger partial charge in [0.1, 0.15) is 0 Å². The molecule has 0 amide bonds. The van der Waals surface area contributed by atoms with Gasteiger partial charge in [0, 0.05) is 13.7 Å². The Kier molecular flexibility index (Phi) is 9.42. The largest absolute Gasteiger partial charge is 0.384 e. The highest BCUT2D eigenvalue weighted by Gasteiger charge is 2.20. The molecule has 0 spiro atoms. The minimum absolute atomic E-state index is 0.821. The molecule has 0 radical (unpaired) electrons. The van der Waals surface area contributed by atoms with Crippen LogP contribution in [0.15, 0.2) is 0 Å². The molecule has 2 nitrogen and oxygen atoms in total. The molecule has 1 aliphatic rings. The summed E-state index contributed by atoms with van der Waals surface area (Å²) in [6.45, 7) is 6.14. The second kappa shape index (κ2) is 9.47. The molecule has 86 valence electrons. The third kappa shape index (κ3) is 5.61. The van der Waals surface area contributed by atoms with Gasteiger partial charge in [0.05, 0.1) is 0 Å². The van der Waals surface area contributed by atoms with Crippen molar-refractivity contribution < 1.29 is 4.74 Å². The van der Waals surface area contributed by atoms with Crippen LogP contribution in [0, 0.1) is 11.8 Å². The van der Waals surface area contributed by atoms with Gasteiger partial charge in [-0.3, -0.25) is 0 Å². The summed E-state index contributed by atoms with van der Waals surface area (Å²) in [5, 5.41) is 3.26. The summed E-state index contributed by atoms with van der Waals surface area (Å²) < 4.78 is 5.19. The van der Waals surface area contributed by atoms with Crippen LogP contribution in [0.4, 0.5) is 0 Å². The molecule has 0 aromatic heterocycles. The Morgan fingerprint density at radius 1 is 1.21 bits per heavy atom. The summed E-state index contributed by atoms with van der Waals surface area (Å²) >= 11 is 0. The molecule has 14 heavy (non-hydrogen) atoms. The highest BCUT2D eigenvalue weighted by Crippen LogP contribution is 2.28. The third-order valence-corrected chi connectivity index (χ3v) is 2.79. The average Bonchev–Trinajstić information content (AvgIpc) is 2.22. The zero-order valence-electron chi connectivity index (χ0n) is 10.3. The van der Waals surface area contributed by atoms with Crippen molar-refractivity contribution in [2.75, 3.05) is 27.3 Å². The lowest BCUT2D eigenvalue weighted by Crippen LogP contribution is -2.26. The van der Waals surface area contributed by atoms with Gasteiger partial charge in [-0.05, 0) is 44.7 Å². The highest BCUT2D eigenvalue weighted by molar-refractivity contribution is 4.73. The molecule has 2 heteroatoms. The zero-order valence-corrected chi connectivity index (χ0v) is 10.3. The van der Waals surface area contributed by atoms with E-state index >= 15 is 0 Å². The first-order valence-electron chi connectivity index (χ1n) is 6.00. The van der Waals surface area contributed by atoms with Crippen LogP contribution < -0.4 is 5.32 Å². The van der Waals surface area contributed by atoms with Gasteiger partial charge in [-0.15, -0.1) is 0 Å². The number of rotatable bonds is 4. The predicted octanol–water partition coefficient (Wildman–Crippen LogP) is 2.68. The van der Waals surface area contributed by atoms with E-state index in [9.17, 15) is 0 Å². The third-order valence-electron chi connectivity index (χ3n) is 2.79. The molecule has 0 bridgehead atoms. The summed E-state index contributed by atoms with van der Waals surface area (Å²) in [6, 6.07) is 0. The first kappa shape index (κ1) is 13.9. The van der Waals surface area contributed by atoms with Crippen LogP contribution in [-0.2, 0) is 4.74 Å². The van der Waals surface area contributed by atoms with Gasteiger partial charge in [0.2, 0.25) is 0 Å². The highest BCUT2D eigenvalue weighted by atomic mass is 16.5. The molecule has 0 aromatic carbocycles. The summed E-state index contributed by atoms with van der Waals surface area (Å²) in [4.78, 5) is 0. The van der Waals surface area contributed by atoms with E-state index in [-0.39, 0.29) is 0 Å². The lowest BCUT2D eigenvalue weighted by molar-refractivity contribution is 0.114. The zero-order chi connectivity index (χ0) is 10.8. The Labute approximate surface area is 89.4 Å². The molecule has 0 aromatic rings. The van der Waals surface area contributed by atoms with E-state index in [0.29, 0.717) is 0 Å². The molecule has 2 atom stereocenters. The van der Waals surface area contributed by atoms with Gasteiger partial charge >= 0.3 is 0 Å². The topological polar surface area (TPSA) is 21.3 Å². The fraction of sp³-hybridized carbons (Fsp3) is 1.00. The Morgan fingerprint density at radius 3 is 2.43 bits per heavy atom. The standard InChI is InChI=1S/C10H21NO.C2H6/c1-11-7-9-4-3-5-10(6-9)8-12-2;1-2/h9-11H,3-8H2,1-2H3;1-2H3. The maximum Gasteiger partial charge on any atom is 0.0490 e. The second-order valence-electron chi connectivity index (χ2n) is 3.91. The van der Waals surface area contributed by atoms with E-state index in [1.807, 2.05) is 28.0 Å². The first-order chi connectivity index (χ1) is 6.86. The van der Waals surface area contributed by atoms with Crippen molar-refractivity contribution in [3.05, 3.63) is 0 Å². The van der Waals surface area contributed by atoms with E-state index < -0.39 is 0 Å². The van der Waals surface area contributed by atoms with Crippen molar-refractivity contribution >= 4 is 0 Å². The van der Waals surface area contributed by atoms with Gasteiger partial charge in [0.25, 0.3) is 0 Å². The molecular weight excluding hydrogens is 174 g/mol. The number of hydrogen-bond acceptors (Lipinski definition) is 2. The van der Waals surface area contributed by atoms with Crippen LogP contribution in [0.1, 0.15) is 39.5 Å².